The van der Waals surface area contributed by atoms with Gasteiger partial charge in [0.25, 0.3) is 0 Å². The fourth-order valence-electron chi connectivity index (χ4n) is 2.54. The van der Waals surface area contributed by atoms with Crippen LogP contribution in [-0.2, 0) is 12.0 Å². The van der Waals surface area contributed by atoms with E-state index in [0.717, 1.165) is 16.7 Å². The lowest BCUT2D eigenvalue weighted by atomic mass is 9.83. The van der Waals surface area contributed by atoms with Gasteiger partial charge in [0.1, 0.15) is 5.82 Å². The minimum atomic E-state index is -0.496. The van der Waals surface area contributed by atoms with Gasteiger partial charge in [0.15, 0.2) is 0 Å². The van der Waals surface area contributed by atoms with Crippen molar-refractivity contribution in [1.82, 2.24) is 0 Å². The maximum Gasteiger partial charge on any atom is 0.123 e. The van der Waals surface area contributed by atoms with E-state index >= 15 is 0 Å². The first-order chi connectivity index (χ1) is 8.90. The molecule has 0 aliphatic carbocycles. The predicted octanol–water partition coefficient (Wildman–Crippen LogP) is 3.86. The first kappa shape index (κ1) is 13.8. The lowest BCUT2D eigenvalue weighted by molar-refractivity contribution is 0.485. The Balaban J connectivity index is 2.36. The molecule has 0 amide bonds. The Morgan fingerprint density at radius 1 is 1.05 bits per heavy atom. The van der Waals surface area contributed by atoms with Gasteiger partial charge in [-0.2, -0.15) is 0 Å². The zero-order chi connectivity index (χ0) is 14.0. The SMILES string of the molecule is Cc1ccc(F)cc1CC(C)(N)c1ccccc1C. The second kappa shape index (κ2) is 5.14. The van der Waals surface area contributed by atoms with Crippen molar-refractivity contribution < 1.29 is 4.39 Å². The second-order valence-corrected chi connectivity index (χ2v) is 5.48. The molecule has 2 rings (SSSR count). The average Bonchev–Trinajstić information content (AvgIpc) is 2.34. The Morgan fingerprint density at radius 2 is 1.74 bits per heavy atom. The van der Waals surface area contributed by atoms with E-state index in [2.05, 4.69) is 13.0 Å². The van der Waals surface area contributed by atoms with Gasteiger partial charge < -0.3 is 5.73 Å². The Labute approximate surface area is 114 Å². The molecule has 0 radical (unpaired) electrons. The van der Waals surface area contributed by atoms with Crippen LogP contribution in [0.5, 0.6) is 0 Å². The third kappa shape index (κ3) is 3.02. The van der Waals surface area contributed by atoms with Gasteiger partial charge >= 0.3 is 0 Å². The summed E-state index contributed by atoms with van der Waals surface area (Å²) in [5.41, 5.74) is 10.3. The molecule has 0 aliphatic rings. The van der Waals surface area contributed by atoms with Crippen LogP contribution in [0, 0.1) is 19.7 Å². The highest BCUT2D eigenvalue weighted by Gasteiger charge is 2.24. The van der Waals surface area contributed by atoms with Crippen LogP contribution < -0.4 is 5.73 Å². The second-order valence-electron chi connectivity index (χ2n) is 5.48. The zero-order valence-electron chi connectivity index (χ0n) is 11.7. The molecule has 1 nitrogen and oxygen atoms in total. The number of benzene rings is 2. The van der Waals surface area contributed by atoms with E-state index in [9.17, 15) is 4.39 Å². The summed E-state index contributed by atoms with van der Waals surface area (Å²) in [6.07, 6.45) is 0.626. The third-order valence-electron chi connectivity index (χ3n) is 3.63. The van der Waals surface area contributed by atoms with Gasteiger partial charge in [0, 0.05) is 5.54 Å². The first-order valence-electron chi connectivity index (χ1n) is 6.50. The molecule has 1 atom stereocenters. The molecule has 1 unspecified atom stereocenters. The van der Waals surface area contributed by atoms with Crippen molar-refractivity contribution in [1.29, 1.82) is 0 Å². The van der Waals surface area contributed by atoms with Gasteiger partial charge in [-0.05, 0) is 61.6 Å². The van der Waals surface area contributed by atoms with Gasteiger partial charge in [0.05, 0.1) is 0 Å². The predicted molar refractivity (Wildman–Crippen MR) is 77.6 cm³/mol. The quantitative estimate of drug-likeness (QED) is 0.887. The van der Waals surface area contributed by atoms with Crippen molar-refractivity contribution in [2.45, 2.75) is 32.7 Å². The van der Waals surface area contributed by atoms with Crippen LogP contribution in [0.25, 0.3) is 0 Å². The lowest BCUT2D eigenvalue weighted by Gasteiger charge is -2.28. The summed E-state index contributed by atoms with van der Waals surface area (Å²) >= 11 is 0. The maximum atomic E-state index is 13.4. The van der Waals surface area contributed by atoms with Gasteiger partial charge in [-0.25, -0.2) is 4.39 Å². The zero-order valence-corrected chi connectivity index (χ0v) is 11.7. The van der Waals surface area contributed by atoms with E-state index in [-0.39, 0.29) is 5.82 Å². The van der Waals surface area contributed by atoms with Gasteiger partial charge in [-0.3, -0.25) is 0 Å². The van der Waals surface area contributed by atoms with Crippen molar-refractivity contribution in [3.8, 4) is 0 Å². The number of hydrogen-bond donors (Lipinski definition) is 1. The summed E-state index contributed by atoms with van der Waals surface area (Å²) < 4.78 is 13.4. The average molecular weight is 257 g/mol. The molecule has 2 aromatic carbocycles. The van der Waals surface area contributed by atoms with Crippen LogP contribution in [0.4, 0.5) is 4.39 Å². The first-order valence-corrected chi connectivity index (χ1v) is 6.50. The lowest BCUT2D eigenvalue weighted by Crippen LogP contribution is -2.36. The molecule has 0 fully saturated rings. The highest BCUT2D eigenvalue weighted by atomic mass is 19.1. The molecule has 0 heterocycles. The highest BCUT2D eigenvalue weighted by molar-refractivity contribution is 5.36. The third-order valence-corrected chi connectivity index (χ3v) is 3.63. The molecule has 0 saturated heterocycles. The number of aryl methyl sites for hydroxylation is 2. The summed E-state index contributed by atoms with van der Waals surface area (Å²) in [5, 5.41) is 0. The van der Waals surface area contributed by atoms with Gasteiger partial charge in [0.2, 0.25) is 0 Å². The number of hydrogen-bond acceptors (Lipinski definition) is 1. The fraction of sp³-hybridized carbons (Fsp3) is 0.294. The molecular weight excluding hydrogens is 237 g/mol. The van der Waals surface area contributed by atoms with E-state index in [1.165, 1.54) is 11.6 Å². The van der Waals surface area contributed by atoms with Crippen LogP contribution >= 0.6 is 0 Å². The minimum Gasteiger partial charge on any atom is -0.321 e. The Bertz CT molecular complexity index is 588. The highest BCUT2D eigenvalue weighted by Crippen LogP contribution is 2.27. The fourth-order valence-corrected chi connectivity index (χ4v) is 2.54. The number of nitrogens with two attached hydrogens (primary N) is 1. The molecule has 2 heteroatoms. The number of rotatable bonds is 3. The summed E-state index contributed by atoms with van der Waals surface area (Å²) in [4.78, 5) is 0. The Kier molecular flexibility index (Phi) is 3.72. The summed E-state index contributed by atoms with van der Waals surface area (Å²) in [5.74, 6) is -0.207. The van der Waals surface area contributed by atoms with Crippen LogP contribution in [0.15, 0.2) is 42.5 Å². The summed E-state index contributed by atoms with van der Waals surface area (Å²) in [7, 11) is 0. The molecule has 100 valence electrons. The topological polar surface area (TPSA) is 26.0 Å². The van der Waals surface area contributed by atoms with Crippen LogP contribution in [-0.4, -0.2) is 0 Å². The summed E-state index contributed by atoms with van der Waals surface area (Å²) in [6.45, 7) is 6.04. The van der Waals surface area contributed by atoms with E-state index in [0.29, 0.717) is 6.42 Å². The van der Waals surface area contributed by atoms with Gasteiger partial charge in [-0.1, -0.05) is 30.3 Å². The normalized spacial score (nSPS) is 14.2. The molecule has 0 spiro atoms. The van der Waals surface area contributed by atoms with Crippen LogP contribution in [0.2, 0.25) is 0 Å². The molecule has 2 N–H and O–H groups in total. The molecule has 2 aromatic rings. The Hall–Kier alpha value is -1.67. The van der Waals surface area contributed by atoms with Crippen molar-refractivity contribution in [3.63, 3.8) is 0 Å². The summed E-state index contributed by atoms with van der Waals surface area (Å²) in [6, 6.07) is 13.0. The van der Waals surface area contributed by atoms with Crippen molar-refractivity contribution >= 4 is 0 Å². The van der Waals surface area contributed by atoms with E-state index in [4.69, 9.17) is 5.73 Å². The van der Waals surface area contributed by atoms with Crippen molar-refractivity contribution in [2.24, 2.45) is 5.73 Å². The molecule has 0 bridgehead atoms. The Morgan fingerprint density at radius 3 is 2.42 bits per heavy atom. The largest absolute Gasteiger partial charge is 0.321 e. The van der Waals surface area contributed by atoms with Crippen LogP contribution in [0.1, 0.15) is 29.2 Å². The molecule has 0 aliphatic heterocycles. The van der Waals surface area contributed by atoms with Crippen LogP contribution in [0.3, 0.4) is 0 Å². The van der Waals surface area contributed by atoms with E-state index in [1.54, 1.807) is 12.1 Å². The minimum absolute atomic E-state index is 0.207. The van der Waals surface area contributed by atoms with Gasteiger partial charge in [-0.15, -0.1) is 0 Å². The number of halogens is 1. The standard InChI is InChI=1S/C17H20FN/c1-12-8-9-15(18)10-14(12)11-17(3,19)16-7-5-4-6-13(16)2/h4-10H,11,19H2,1-3H3. The van der Waals surface area contributed by atoms with Crippen molar-refractivity contribution in [2.75, 3.05) is 0 Å². The van der Waals surface area contributed by atoms with Crippen molar-refractivity contribution in [3.05, 3.63) is 70.5 Å². The molecular formula is C17H20FN. The molecule has 0 saturated carbocycles. The molecule has 19 heavy (non-hydrogen) atoms. The maximum absolute atomic E-state index is 13.4. The van der Waals surface area contributed by atoms with E-state index < -0.39 is 5.54 Å². The smallest absolute Gasteiger partial charge is 0.123 e. The monoisotopic (exact) mass is 257 g/mol. The van der Waals surface area contributed by atoms with E-state index in [1.807, 2.05) is 32.0 Å². The molecule has 0 aromatic heterocycles.